The molecule has 4 heteroatoms. The molecule has 0 bridgehead atoms. The highest BCUT2D eigenvalue weighted by Gasteiger charge is 2.24. The topological polar surface area (TPSA) is 42.0 Å². The van der Waals surface area contributed by atoms with Crippen LogP contribution in [0, 0.1) is 0 Å². The summed E-state index contributed by atoms with van der Waals surface area (Å²) in [6, 6.07) is 16.4. The lowest BCUT2D eigenvalue weighted by atomic mass is 10.0. The highest BCUT2D eigenvalue weighted by Crippen LogP contribution is 2.26. The predicted molar refractivity (Wildman–Crippen MR) is 98.7 cm³/mol. The fourth-order valence-corrected chi connectivity index (χ4v) is 3.86. The van der Waals surface area contributed by atoms with E-state index in [1.165, 1.54) is 29.4 Å². The first-order chi connectivity index (χ1) is 12.3. The second-order valence-corrected chi connectivity index (χ2v) is 6.99. The number of fused-ring (bicyclic) bond motifs is 1. The number of hydrogen-bond donors (Lipinski definition) is 3. The van der Waals surface area contributed by atoms with E-state index in [0.29, 0.717) is 5.75 Å². The van der Waals surface area contributed by atoms with Gasteiger partial charge in [-0.25, -0.2) is 0 Å². The van der Waals surface area contributed by atoms with Crippen molar-refractivity contribution < 1.29 is 14.9 Å². The molecule has 0 unspecified atom stereocenters. The van der Waals surface area contributed by atoms with Crippen LogP contribution in [-0.2, 0) is 13.1 Å². The van der Waals surface area contributed by atoms with E-state index < -0.39 is 0 Å². The number of rotatable bonds is 4. The van der Waals surface area contributed by atoms with Gasteiger partial charge < -0.3 is 14.9 Å². The van der Waals surface area contributed by atoms with Crippen LogP contribution in [0.3, 0.4) is 0 Å². The third-order valence-electron chi connectivity index (χ3n) is 5.31. The standard InChI is InChI=1S/C21H23N3O/c25-21-6-5-18-3-1-2-4-19(18)20(21)16-24-13-11-23(12-14-24)15-17-7-9-22-10-8-17/h1-10,25H,11-16H2/p+2. The molecular formula is C21H25N3O+2. The van der Waals surface area contributed by atoms with Crippen LogP contribution in [0.1, 0.15) is 11.1 Å². The van der Waals surface area contributed by atoms with E-state index in [1.54, 1.807) is 9.80 Å². The molecule has 1 aromatic heterocycles. The molecule has 0 radical (unpaired) electrons. The predicted octanol–water partition coefficient (Wildman–Crippen LogP) is 0.424. The Kier molecular flexibility index (Phi) is 4.63. The smallest absolute Gasteiger partial charge is 0.127 e. The summed E-state index contributed by atoms with van der Waals surface area (Å²) in [5.41, 5.74) is 2.45. The molecule has 4 nitrogen and oxygen atoms in total. The number of quaternary nitrogens is 2. The normalized spacial score (nSPS) is 20.6. The van der Waals surface area contributed by atoms with Gasteiger partial charge in [0.25, 0.3) is 0 Å². The maximum absolute atomic E-state index is 10.4. The number of piperazine rings is 1. The number of benzene rings is 2. The van der Waals surface area contributed by atoms with Crippen molar-refractivity contribution in [3.05, 3.63) is 72.1 Å². The minimum atomic E-state index is 0.428. The van der Waals surface area contributed by atoms with Crippen LogP contribution >= 0.6 is 0 Å². The molecule has 1 aliphatic rings. The minimum Gasteiger partial charge on any atom is -0.507 e. The molecule has 1 aliphatic heterocycles. The summed E-state index contributed by atoms with van der Waals surface area (Å²) in [6.45, 7) is 6.60. The molecule has 0 aliphatic carbocycles. The van der Waals surface area contributed by atoms with Gasteiger partial charge in [-0.1, -0.05) is 30.3 Å². The number of nitrogens with one attached hydrogen (secondary N) is 2. The van der Waals surface area contributed by atoms with Gasteiger partial charge in [-0.05, 0) is 29.0 Å². The van der Waals surface area contributed by atoms with Gasteiger partial charge in [-0.2, -0.15) is 0 Å². The van der Waals surface area contributed by atoms with Crippen LogP contribution < -0.4 is 9.80 Å². The Balaban J connectivity index is 1.41. The van der Waals surface area contributed by atoms with Gasteiger partial charge in [-0.3, -0.25) is 4.98 Å². The van der Waals surface area contributed by atoms with Gasteiger partial charge in [0.2, 0.25) is 0 Å². The van der Waals surface area contributed by atoms with E-state index >= 15 is 0 Å². The maximum atomic E-state index is 10.4. The van der Waals surface area contributed by atoms with Gasteiger partial charge >= 0.3 is 0 Å². The van der Waals surface area contributed by atoms with Crippen molar-refractivity contribution in [1.29, 1.82) is 0 Å². The molecule has 0 amide bonds. The van der Waals surface area contributed by atoms with Crippen LogP contribution in [0.25, 0.3) is 10.8 Å². The maximum Gasteiger partial charge on any atom is 0.127 e. The number of phenols is 1. The summed E-state index contributed by atoms with van der Waals surface area (Å²) < 4.78 is 0. The highest BCUT2D eigenvalue weighted by atomic mass is 16.3. The summed E-state index contributed by atoms with van der Waals surface area (Å²) in [6.07, 6.45) is 3.75. The van der Waals surface area contributed by atoms with Crippen molar-refractivity contribution in [1.82, 2.24) is 4.98 Å². The molecule has 4 rings (SSSR count). The van der Waals surface area contributed by atoms with E-state index in [4.69, 9.17) is 0 Å². The van der Waals surface area contributed by atoms with E-state index in [0.717, 1.165) is 31.7 Å². The Hall–Kier alpha value is -2.43. The molecule has 1 fully saturated rings. The summed E-state index contributed by atoms with van der Waals surface area (Å²) in [4.78, 5) is 7.29. The molecule has 0 spiro atoms. The Labute approximate surface area is 148 Å². The van der Waals surface area contributed by atoms with Crippen molar-refractivity contribution in [3.8, 4) is 5.75 Å². The first-order valence-electron chi connectivity index (χ1n) is 9.05. The Bertz CT molecular complexity index is 842. The van der Waals surface area contributed by atoms with Gasteiger partial charge in [0.1, 0.15) is 45.0 Å². The Morgan fingerprint density at radius 3 is 2.24 bits per heavy atom. The first kappa shape index (κ1) is 16.1. The molecule has 0 saturated carbocycles. The average molecular weight is 335 g/mol. The Morgan fingerprint density at radius 1 is 0.800 bits per heavy atom. The fourth-order valence-electron chi connectivity index (χ4n) is 3.86. The Morgan fingerprint density at radius 2 is 1.48 bits per heavy atom. The monoisotopic (exact) mass is 335 g/mol. The van der Waals surface area contributed by atoms with E-state index in [9.17, 15) is 5.11 Å². The van der Waals surface area contributed by atoms with Crippen molar-refractivity contribution in [2.24, 2.45) is 0 Å². The lowest BCUT2D eigenvalue weighted by Crippen LogP contribution is -3.27. The number of pyridine rings is 1. The lowest BCUT2D eigenvalue weighted by molar-refractivity contribution is -1.02. The van der Waals surface area contributed by atoms with Crippen molar-refractivity contribution in [2.45, 2.75) is 13.1 Å². The third-order valence-corrected chi connectivity index (χ3v) is 5.31. The average Bonchev–Trinajstić information content (AvgIpc) is 2.66. The number of nitrogens with zero attached hydrogens (tertiary/aromatic N) is 1. The zero-order valence-corrected chi connectivity index (χ0v) is 14.4. The van der Waals surface area contributed by atoms with Crippen LogP contribution in [0.5, 0.6) is 5.75 Å². The van der Waals surface area contributed by atoms with Gasteiger partial charge in [0.05, 0.1) is 5.56 Å². The summed E-state index contributed by atoms with van der Waals surface area (Å²) >= 11 is 0. The van der Waals surface area contributed by atoms with Crippen LogP contribution in [0.4, 0.5) is 0 Å². The second kappa shape index (κ2) is 7.21. The van der Waals surface area contributed by atoms with Crippen molar-refractivity contribution in [2.75, 3.05) is 26.2 Å². The number of aromatic nitrogens is 1. The largest absolute Gasteiger partial charge is 0.507 e. The van der Waals surface area contributed by atoms with Crippen molar-refractivity contribution in [3.63, 3.8) is 0 Å². The summed E-state index contributed by atoms with van der Waals surface area (Å²) in [5, 5.41) is 12.7. The van der Waals surface area contributed by atoms with E-state index in [-0.39, 0.29) is 0 Å². The highest BCUT2D eigenvalue weighted by molar-refractivity contribution is 5.87. The number of hydrogen-bond acceptors (Lipinski definition) is 2. The number of phenolic OH excluding ortho intramolecular Hbond substituents is 1. The molecule has 128 valence electrons. The zero-order chi connectivity index (χ0) is 17.1. The molecule has 1 saturated heterocycles. The summed E-state index contributed by atoms with van der Waals surface area (Å²) in [5.74, 6) is 0.428. The third kappa shape index (κ3) is 3.65. The zero-order valence-electron chi connectivity index (χ0n) is 14.4. The van der Waals surface area contributed by atoms with Crippen LogP contribution in [0.15, 0.2) is 60.9 Å². The van der Waals surface area contributed by atoms with Gasteiger partial charge in [0, 0.05) is 18.0 Å². The van der Waals surface area contributed by atoms with Crippen molar-refractivity contribution >= 4 is 10.8 Å². The molecular weight excluding hydrogens is 310 g/mol. The van der Waals surface area contributed by atoms with Gasteiger partial charge in [-0.15, -0.1) is 0 Å². The molecule has 0 atom stereocenters. The van der Waals surface area contributed by atoms with Crippen LogP contribution in [-0.4, -0.2) is 36.3 Å². The fraction of sp³-hybridized carbons (Fsp3) is 0.286. The minimum absolute atomic E-state index is 0.428. The molecule has 2 heterocycles. The summed E-state index contributed by atoms with van der Waals surface area (Å²) in [7, 11) is 0. The SMILES string of the molecule is Oc1ccc2ccccc2c1C[NH+]1CC[NH+](Cc2ccncc2)CC1. The molecule has 25 heavy (non-hydrogen) atoms. The van der Waals surface area contributed by atoms with Crippen LogP contribution in [0.2, 0.25) is 0 Å². The first-order valence-corrected chi connectivity index (χ1v) is 9.05. The molecule has 3 N–H and O–H groups in total. The molecule has 2 aromatic carbocycles. The van der Waals surface area contributed by atoms with Gasteiger partial charge in [0.15, 0.2) is 0 Å². The van der Waals surface area contributed by atoms with E-state index in [1.807, 2.05) is 24.5 Å². The second-order valence-electron chi connectivity index (χ2n) is 6.99. The quantitative estimate of drug-likeness (QED) is 0.647. The number of aromatic hydroxyl groups is 1. The molecule has 3 aromatic rings. The lowest BCUT2D eigenvalue weighted by Gasteiger charge is -2.30. The van der Waals surface area contributed by atoms with E-state index in [2.05, 4.69) is 41.4 Å².